The van der Waals surface area contributed by atoms with Crippen molar-refractivity contribution in [2.75, 3.05) is 20.0 Å². The summed E-state index contributed by atoms with van der Waals surface area (Å²) < 4.78 is 16.1. The summed E-state index contributed by atoms with van der Waals surface area (Å²) in [6, 6.07) is 5.19. The average Bonchev–Trinajstić information content (AvgIpc) is 2.47. The third-order valence-corrected chi connectivity index (χ3v) is 3.65. The van der Waals surface area contributed by atoms with Crippen molar-refractivity contribution in [1.29, 1.82) is 0 Å². The van der Waals surface area contributed by atoms with Gasteiger partial charge < -0.3 is 19.9 Å². The largest absolute Gasteiger partial charge is 0.489 e. The molecule has 0 bridgehead atoms. The number of rotatable bonds is 4. The molecule has 0 amide bonds. The highest BCUT2D eigenvalue weighted by molar-refractivity contribution is 5.98. The zero-order valence-corrected chi connectivity index (χ0v) is 11.9. The lowest BCUT2D eigenvalue weighted by Crippen LogP contribution is -2.30. The van der Waals surface area contributed by atoms with Crippen molar-refractivity contribution in [3.63, 3.8) is 0 Å². The molecule has 0 aromatic heterocycles. The Labute approximate surface area is 119 Å². The Morgan fingerprint density at radius 3 is 2.70 bits per heavy atom. The second-order valence-electron chi connectivity index (χ2n) is 4.98. The topological polar surface area (TPSA) is 70.8 Å². The normalized spacial score (nSPS) is 22.3. The molecule has 1 aliphatic rings. The van der Waals surface area contributed by atoms with Crippen molar-refractivity contribution < 1.29 is 19.0 Å². The molecular weight excluding hydrogens is 258 g/mol. The Hall–Kier alpha value is -1.75. The van der Waals surface area contributed by atoms with Crippen molar-refractivity contribution >= 4 is 11.7 Å². The van der Waals surface area contributed by atoms with E-state index < -0.39 is 5.97 Å². The van der Waals surface area contributed by atoms with Gasteiger partial charge in [-0.25, -0.2) is 4.79 Å². The Kier molecular flexibility index (Phi) is 4.84. The van der Waals surface area contributed by atoms with E-state index in [0.29, 0.717) is 17.0 Å². The van der Waals surface area contributed by atoms with Gasteiger partial charge in [0.15, 0.2) is 0 Å². The van der Waals surface area contributed by atoms with E-state index in [9.17, 15) is 4.79 Å². The monoisotopic (exact) mass is 279 g/mol. The molecule has 0 aliphatic heterocycles. The van der Waals surface area contributed by atoms with Gasteiger partial charge in [0.2, 0.25) is 0 Å². The molecule has 1 aromatic rings. The van der Waals surface area contributed by atoms with Crippen LogP contribution in [0.15, 0.2) is 18.2 Å². The fourth-order valence-electron chi connectivity index (χ4n) is 2.57. The number of carbonyl (C=O) groups is 1. The average molecular weight is 279 g/mol. The summed E-state index contributed by atoms with van der Waals surface area (Å²) in [6.07, 6.45) is 4.15. The van der Waals surface area contributed by atoms with E-state index in [4.69, 9.17) is 19.9 Å². The maximum absolute atomic E-state index is 11.8. The van der Waals surface area contributed by atoms with Gasteiger partial charge in [0, 0.05) is 19.2 Å². The molecule has 20 heavy (non-hydrogen) atoms. The number of esters is 1. The molecule has 0 heterocycles. The van der Waals surface area contributed by atoms with E-state index in [2.05, 4.69) is 0 Å². The summed E-state index contributed by atoms with van der Waals surface area (Å²) >= 11 is 0. The third-order valence-electron chi connectivity index (χ3n) is 3.65. The second-order valence-corrected chi connectivity index (χ2v) is 4.98. The fraction of sp³-hybridized carbons (Fsp3) is 0.533. The predicted molar refractivity (Wildman–Crippen MR) is 75.9 cm³/mol. The van der Waals surface area contributed by atoms with Crippen LogP contribution in [0.1, 0.15) is 36.0 Å². The van der Waals surface area contributed by atoms with Crippen LogP contribution in [0.4, 0.5) is 5.69 Å². The number of nitrogens with two attached hydrogens (primary N) is 1. The smallest absolute Gasteiger partial charge is 0.343 e. The van der Waals surface area contributed by atoms with E-state index in [1.54, 1.807) is 25.3 Å². The van der Waals surface area contributed by atoms with Crippen LogP contribution in [0.2, 0.25) is 0 Å². The first kappa shape index (κ1) is 14.7. The van der Waals surface area contributed by atoms with Crippen LogP contribution in [-0.4, -0.2) is 32.4 Å². The first-order chi connectivity index (χ1) is 9.65. The SMILES string of the molecule is COC(=O)c1c(N)cccc1OC1CCCC(OC)C1. The number of carbonyl (C=O) groups excluding carboxylic acids is 1. The van der Waals surface area contributed by atoms with Crippen LogP contribution in [0, 0.1) is 0 Å². The molecule has 2 unspecified atom stereocenters. The standard InChI is InChI=1S/C15H21NO4/c1-18-10-5-3-6-11(9-10)20-13-8-4-7-12(16)14(13)15(17)19-2/h4,7-8,10-11H,3,5-6,9,16H2,1-2H3. The van der Waals surface area contributed by atoms with Crippen LogP contribution in [0.3, 0.4) is 0 Å². The van der Waals surface area contributed by atoms with Gasteiger partial charge >= 0.3 is 5.97 Å². The van der Waals surface area contributed by atoms with Gasteiger partial charge in [0.1, 0.15) is 17.4 Å². The Bertz CT molecular complexity index is 475. The van der Waals surface area contributed by atoms with Crippen LogP contribution in [0.25, 0.3) is 0 Å². The number of methoxy groups -OCH3 is 2. The van der Waals surface area contributed by atoms with Crippen molar-refractivity contribution in [2.24, 2.45) is 0 Å². The number of benzene rings is 1. The van der Waals surface area contributed by atoms with Crippen molar-refractivity contribution in [3.05, 3.63) is 23.8 Å². The molecule has 1 aliphatic carbocycles. The Morgan fingerprint density at radius 2 is 2.00 bits per heavy atom. The zero-order valence-electron chi connectivity index (χ0n) is 11.9. The number of ether oxygens (including phenoxy) is 3. The first-order valence-electron chi connectivity index (χ1n) is 6.82. The summed E-state index contributed by atoms with van der Waals surface area (Å²) in [5.74, 6) is 0.0100. The van der Waals surface area contributed by atoms with Crippen molar-refractivity contribution in [3.8, 4) is 5.75 Å². The van der Waals surface area contributed by atoms with Gasteiger partial charge in [-0.1, -0.05) is 6.07 Å². The van der Waals surface area contributed by atoms with E-state index in [0.717, 1.165) is 25.7 Å². The molecule has 5 nitrogen and oxygen atoms in total. The molecule has 2 atom stereocenters. The molecule has 0 spiro atoms. The van der Waals surface area contributed by atoms with Gasteiger partial charge in [-0.05, 0) is 31.4 Å². The Balaban J connectivity index is 2.16. The molecule has 0 radical (unpaired) electrons. The predicted octanol–water partition coefficient (Wildman–Crippen LogP) is 2.39. The minimum Gasteiger partial charge on any atom is -0.489 e. The van der Waals surface area contributed by atoms with Gasteiger partial charge in [-0.15, -0.1) is 0 Å². The molecule has 1 aromatic carbocycles. The molecule has 0 saturated heterocycles. The molecule has 2 rings (SSSR count). The van der Waals surface area contributed by atoms with E-state index in [1.165, 1.54) is 7.11 Å². The summed E-state index contributed by atoms with van der Waals surface area (Å²) in [6.45, 7) is 0. The lowest BCUT2D eigenvalue weighted by molar-refractivity contribution is 0.0203. The maximum Gasteiger partial charge on any atom is 0.343 e. The summed E-state index contributed by atoms with van der Waals surface area (Å²) in [7, 11) is 3.05. The summed E-state index contributed by atoms with van der Waals surface area (Å²) in [5.41, 5.74) is 6.52. The van der Waals surface area contributed by atoms with Crippen LogP contribution >= 0.6 is 0 Å². The van der Waals surface area contributed by atoms with Crippen LogP contribution in [-0.2, 0) is 9.47 Å². The van der Waals surface area contributed by atoms with E-state index >= 15 is 0 Å². The maximum atomic E-state index is 11.8. The van der Waals surface area contributed by atoms with Crippen LogP contribution < -0.4 is 10.5 Å². The molecular formula is C15H21NO4. The molecule has 110 valence electrons. The minimum absolute atomic E-state index is 0.0407. The molecule has 5 heteroatoms. The molecule has 2 N–H and O–H groups in total. The fourth-order valence-corrected chi connectivity index (χ4v) is 2.57. The minimum atomic E-state index is -0.475. The van der Waals surface area contributed by atoms with Crippen LogP contribution in [0.5, 0.6) is 5.75 Å². The van der Waals surface area contributed by atoms with Crippen molar-refractivity contribution in [2.45, 2.75) is 37.9 Å². The number of hydrogen-bond acceptors (Lipinski definition) is 5. The second kappa shape index (κ2) is 6.61. The summed E-state index contributed by atoms with van der Waals surface area (Å²) in [5, 5.41) is 0. The van der Waals surface area contributed by atoms with Crippen molar-refractivity contribution in [1.82, 2.24) is 0 Å². The first-order valence-corrected chi connectivity index (χ1v) is 6.82. The number of hydrogen-bond donors (Lipinski definition) is 1. The highest BCUT2D eigenvalue weighted by atomic mass is 16.5. The summed E-state index contributed by atoms with van der Waals surface area (Å²) in [4.78, 5) is 11.8. The van der Waals surface area contributed by atoms with Gasteiger partial charge in [0.05, 0.1) is 13.2 Å². The van der Waals surface area contributed by atoms with Gasteiger partial charge in [0.25, 0.3) is 0 Å². The molecule has 1 fully saturated rings. The van der Waals surface area contributed by atoms with Gasteiger partial charge in [-0.2, -0.15) is 0 Å². The highest BCUT2D eigenvalue weighted by Crippen LogP contribution is 2.30. The highest BCUT2D eigenvalue weighted by Gasteiger charge is 2.25. The number of nitrogen functional groups attached to an aromatic ring is 1. The Morgan fingerprint density at radius 1 is 1.25 bits per heavy atom. The quantitative estimate of drug-likeness (QED) is 0.677. The third kappa shape index (κ3) is 3.22. The molecule has 1 saturated carbocycles. The zero-order chi connectivity index (χ0) is 14.5. The van der Waals surface area contributed by atoms with Gasteiger partial charge in [-0.3, -0.25) is 0 Å². The van der Waals surface area contributed by atoms with E-state index in [-0.39, 0.29) is 12.2 Å². The lowest BCUT2D eigenvalue weighted by Gasteiger charge is -2.29. The number of anilines is 1. The van der Waals surface area contributed by atoms with E-state index in [1.807, 2.05) is 0 Å². The lowest BCUT2D eigenvalue weighted by atomic mass is 9.95.